The lowest BCUT2D eigenvalue weighted by Gasteiger charge is -2.10. The number of rotatable bonds is 4. The van der Waals surface area contributed by atoms with Gasteiger partial charge in [-0.1, -0.05) is 12.1 Å². The van der Waals surface area contributed by atoms with Gasteiger partial charge in [0.05, 0.1) is 6.54 Å². The second-order valence-electron chi connectivity index (χ2n) is 4.41. The number of hydrogen-bond donors (Lipinski definition) is 3. The summed E-state index contributed by atoms with van der Waals surface area (Å²) in [6, 6.07) is 9.22. The molecule has 0 aliphatic rings. The van der Waals surface area contributed by atoms with E-state index in [0.717, 1.165) is 20.6 Å². The number of nitrogens with two attached hydrogens (primary N) is 1. The van der Waals surface area contributed by atoms with Crippen LogP contribution in [-0.2, 0) is 6.54 Å². The lowest BCUT2D eigenvalue weighted by atomic mass is 10.1. The van der Waals surface area contributed by atoms with Crippen LogP contribution in [-0.4, -0.2) is 6.03 Å². The number of benzene rings is 1. The maximum Gasteiger partial charge on any atom is 0.319 e. The second-order valence-corrected chi connectivity index (χ2v) is 6.27. The summed E-state index contributed by atoms with van der Waals surface area (Å²) in [5.74, 6) is 0. The minimum atomic E-state index is -0.230. The van der Waals surface area contributed by atoms with Crippen LogP contribution in [0.15, 0.2) is 40.2 Å². The van der Waals surface area contributed by atoms with Gasteiger partial charge in [0.2, 0.25) is 0 Å². The summed E-state index contributed by atoms with van der Waals surface area (Å²) in [6.07, 6.45) is 0. The fourth-order valence-electron chi connectivity index (χ4n) is 1.69. The van der Waals surface area contributed by atoms with E-state index in [9.17, 15) is 4.79 Å². The lowest BCUT2D eigenvalue weighted by Crippen LogP contribution is -2.28. The Bertz CT molecular complexity index is 598. The predicted octanol–water partition coefficient (Wildman–Crippen LogP) is 3.85. The molecule has 0 aliphatic heterocycles. The highest BCUT2D eigenvalue weighted by atomic mass is 79.9. The molecule has 2 amide bonds. The molecule has 20 heavy (non-hydrogen) atoms. The standard InChI is InChI=1S/C14H16BrN3OS/c1-9(16)10-3-2-4-11(7-10)18-14(19)17-8-13-12(15)5-6-20-13/h2-7,9H,8,16H2,1H3,(H2,17,18,19). The molecule has 4 N–H and O–H groups in total. The number of anilines is 1. The number of amides is 2. The van der Waals surface area contributed by atoms with E-state index < -0.39 is 0 Å². The Balaban J connectivity index is 1.91. The van der Waals surface area contributed by atoms with Crippen LogP contribution >= 0.6 is 27.3 Å². The smallest absolute Gasteiger partial charge is 0.319 e. The van der Waals surface area contributed by atoms with Crippen molar-refractivity contribution in [3.63, 3.8) is 0 Å². The van der Waals surface area contributed by atoms with Crippen molar-refractivity contribution in [2.75, 3.05) is 5.32 Å². The van der Waals surface area contributed by atoms with Gasteiger partial charge in [0, 0.05) is 21.1 Å². The molecular weight excluding hydrogens is 338 g/mol. The van der Waals surface area contributed by atoms with E-state index in [4.69, 9.17) is 5.73 Å². The number of hydrogen-bond acceptors (Lipinski definition) is 3. The molecule has 0 fully saturated rings. The molecule has 0 saturated heterocycles. The summed E-state index contributed by atoms with van der Waals surface area (Å²) in [7, 11) is 0. The van der Waals surface area contributed by atoms with Gasteiger partial charge < -0.3 is 16.4 Å². The van der Waals surface area contributed by atoms with Gasteiger partial charge in [-0.15, -0.1) is 11.3 Å². The third-order valence-corrected chi connectivity index (χ3v) is 4.70. The Morgan fingerprint density at radius 3 is 2.90 bits per heavy atom. The maximum absolute atomic E-state index is 11.8. The van der Waals surface area contributed by atoms with Crippen LogP contribution in [0.3, 0.4) is 0 Å². The molecule has 0 aliphatic carbocycles. The Morgan fingerprint density at radius 1 is 1.45 bits per heavy atom. The van der Waals surface area contributed by atoms with Crippen molar-refractivity contribution in [2.45, 2.75) is 19.5 Å². The predicted molar refractivity (Wildman–Crippen MR) is 86.9 cm³/mol. The first-order valence-electron chi connectivity index (χ1n) is 6.18. The van der Waals surface area contributed by atoms with E-state index in [0.29, 0.717) is 6.54 Å². The van der Waals surface area contributed by atoms with Crippen LogP contribution in [0.2, 0.25) is 0 Å². The summed E-state index contributed by atoms with van der Waals surface area (Å²) in [6.45, 7) is 2.41. The van der Waals surface area contributed by atoms with Crippen molar-refractivity contribution in [3.05, 3.63) is 50.6 Å². The second kappa shape index (κ2) is 6.88. The zero-order chi connectivity index (χ0) is 14.5. The van der Waals surface area contributed by atoms with Crippen molar-refractivity contribution in [1.29, 1.82) is 0 Å². The quantitative estimate of drug-likeness (QED) is 0.781. The number of nitrogens with one attached hydrogen (secondary N) is 2. The van der Waals surface area contributed by atoms with E-state index >= 15 is 0 Å². The summed E-state index contributed by atoms with van der Waals surface area (Å²) < 4.78 is 1.02. The highest BCUT2D eigenvalue weighted by Crippen LogP contribution is 2.22. The van der Waals surface area contributed by atoms with Crippen LogP contribution in [0.4, 0.5) is 10.5 Å². The maximum atomic E-state index is 11.8. The number of urea groups is 1. The van der Waals surface area contributed by atoms with E-state index in [1.165, 1.54) is 0 Å². The summed E-state index contributed by atoms with van der Waals surface area (Å²) in [5, 5.41) is 7.60. The molecule has 0 radical (unpaired) electrons. The Hall–Kier alpha value is -1.37. The Labute approximate surface area is 130 Å². The molecular formula is C14H16BrN3OS. The van der Waals surface area contributed by atoms with E-state index in [1.807, 2.05) is 42.6 Å². The Kier molecular flexibility index (Phi) is 5.17. The van der Waals surface area contributed by atoms with Crippen LogP contribution in [0.1, 0.15) is 23.4 Å². The molecule has 1 aromatic carbocycles. The van der Waals surface area contributed by atoms with Crippen LogP contribution in [0, 0.1) is 0 Å². The van der Waals surface area contributed by atoms with Gasteiger partial charge in [0.15, 0.2) is 0 Å². The van der Waals surface area contributed by atoms with Gasteiger partial charge in [-0.2, -0.15) is 0 Å². The highest BCUT2D eigenvalue weighted by molar-refractivity contribution is 9.10. The van der Waals surface area contributed by atoms with Gasteiger partial charge in [-0.3, -0.25) is 0 Å². The zero-order valence-corrected chi connectivity index (χ0v) is 13.4. The van der Waals surface area contributed by atoms with Crippen molar-refractivity contribution >= 4 is 39.0 Å². The molecule has 106 valence electrons. The fourth-order valence-corrected chi connectivity index (χ4v) is 3.12. The van der Waals surface area contributed by atoms with Crippen LogP contribution in [0.5, 0.6) is 0 Å². The Morgan fingerprint density at radius 2 is 2.25 bits per heavy atom. The highest BCUT2D eigenvalue weighted by Gasteiger charge is 2.06. The minimum Gasteiger partial charge on any atom is -0.333 e. The first-order valence-corrected chi connectivity index (χ1v) is 7.86. The van der Waals surface area contributed by atoms with Gasteiger partial charge >= 0.3 is 6.03 Å². The van der Waals surface area contributed by atoms with Crippen molar-refractivity contribution < 1.29 is 4.79 Å². The SMILES string of the molecule is CC(N)c1cccc(NC(=O)NCc2sccc2Br)c1. The molecule has 6 heteroatoms. The molecule has 1 atom stereocenters. The zero-order valence-electron chi connectivity index (χ0n) is 11.0. The molecule has 0 spiro atoms. The van der Waals surface area contributed by atoms with E-state index in [1.54, 1.807) is 11.3 Å². The molecule has 0 bridgehead atoms. The number of carbonyl (C=O) groups excluding carboxylic acids is 1. The molecule has 1 unspecified atom stereocenters. The lowest BCUT2D eigenvalue weighted by molar-refractivity contribution is 0.252. The van der Waals surface area contributed by atoms with E-state index in [2.05, 4.69) is 26.6 Å². The largest absolute Gasteiger partial charge is 0.333 e. The van der Waals surface area contributed by atoms with E-state index in [-0.39, 0.29) is 12.1 Å². The van der Waals surface area contributed by atoms with Crippen molar-refractivity contribution in [3.8, 4) is 0 Å². The van der Waals surface area contributed by atoms with Crippen molar-refractivity contribution in [1.82, 2.24) is 5.32 Å². The molecule has 1 heterocycles. The van der Waals surface area contributed by atoms with Gasteiger partial charge in [0.1, 0.15) is 0 Å². The molecule has 4 nitrogen and oxygen atoms in total. The topological polar surface area (TPSA) is 67.1 Å². The average Bonchev–Trinajstić information content (AvgIpc) is 2.82. The molecule has 1 aromatic heterocycles. The fraction of sp³-hybridized carbons (Fsp3) is 0.214. The monoisotopic (exact) mass is 353 g/mol. The molecule has 0 saturated carbocycles. The third kappa shape index (κ3) is 4.06. The normalized spacial score (nSPS) is 11.9. The van der Waals surface area contributed by atoms with Crippen LogP contribution < -0.4 is 16.4 Å². The molecule has 2 rings (SSSR count). The average molecular weight is 354 g/mol. The van der Waals surface area contributed by atoms with Crippen molar-refractivity contribution in [2.24, 2.45) is 5.73 Å². The molecule has 2 aromatic rings. The number of halogens is 1. The number of thiophene rings is 1. The first kappa shape index (κ1) is 15.0. The summed E-state index contributed by atoms with van der Waals surface area (Å²) >= 11 is 5.03. The minimum absolute atomic E-state index is 0.0538. The first-order chi connectivity index (χ1) is 9.56. The van der Waals surface area contributed by atoms with Gasteiger partial charge in [-0.05, 0) is 52.0 Å². The third-order valence-electron chi connectivity index (χ3n) is 2.77. The van der Waals surface area contributed by atoms with Crippen LogP contribution in [0.25, 0.3) is 0 Å². The van der Waals surface area contributed by atoms with Gasteiger partial charge in [-0.25, -0.2) is 4.79 Å². The summed E-state index contributed by atoms with van der Waals surface area (Å²) in [4.78, 5) is 12.9. The number of carbonyl (C=O) groups is 1. The van der Waals surface area contributed by atoms with Gasteiger partial charge in [0.25, 0.3) is 0 Å². The summed E-state index contributed by atoms with van der Waals surface area (Å²) in [5.41, 5.74) is 7.55.